The lowest BCUT2D eigenvalue weighted by Crippen LogP contribution is -2.06. The molecule has 0 fully saturated rings. The number of aryl methyl sites for hydroxylation is 2. The SMILES string of the molecule is Cc1ccc2nc(-c3cccnc3N)n(-c3ccc4c(c3)CCC4N)c2n1. The number of pyridine rings is 2. The maximum atomic E-state index is 6.21. The van der Waals surface area contributed by atoms with Crippen molar-refractivity contribution in [2.75, 3.05) is 5.73 Å². The molecule has 1 aromatic carbocycles. The molecule has 6 heteroatoms. The van der Waals surface area contributed by atoms with Gasteiger partial charge in [0.05, 0.1) is 5.56 Å². The van der Waals surface area contributed by atoms with Gasteiger partial charge < -0.3 is 11.5 Å². The van der Waals surface area contributed by atoms with Crippen LogP contribution in [0.2, 0.25) is 0 Å². The van der Waals surface area contributed by atoms with Gasteiger partial charge in [-0.25, -0.2) is 15.0 Å². The number of benzene rings is 1. The lowest BCUT2D eigenvalue weighted by atomic mass is 10.1. The van der Waals surface area contributed by atoms with E-state index in [1.807, 2.05) is 31.2 Å². The first kappa shape index (κ1) is 16.0. The molecule has 3 heterocycles. The molecule has 0 aliphatic heterocycles. The van der Waals surface area contributed by atoms with Crippen molar-refractivity contribution in [1.29, 1.82) is 0 Å². The Hall–Kier alpha value is -3.25. The third kappa shape index (κ3) is 2.49. The van der Waals surface area contributed by atoms with Crippen molar-refractivity contribution < 1.29 is 0 Å². The number of hydrogen-bond donors (Lipinski definition) is 2. The quantitative estimate of drug-likeness (QED) is 0.574. The predicted octanol–water partition coefficient (Wildman–Crippen LogP) is 3.32. The van der Waals surface area contributed by atoms with E-state index in [1.54, 1.807) is 6.20 Å². The molecule has 1 unspecified atom stereocenters. The van der Waals surface area contributed by atoms with Gasteiger partial charge in [-0.2, -0.15) is 0 Å². The third-order valence-corrected chi connectivity index (χ3v) is 5.23. The Morgan fingerprint density at radius 1 is 1.11 bits per heavy atom. The molecule has 4 N–H and O–H groups in total. The number of anilines is 1. The number of nitrogens with two attached hydrogens (primary N) is 2. The Morgan fingerprint density at radius 2 is 2.00 bits per heavy atom. The summed E-state index contributed by atoms with van der Waals surface area (Å²) in [5, 5.41) is 0. The summed E-state index contributed by atoms with van der Waals surface area (Å²) in [7, 11) is 0. The van der Waals surface area contributed by atoms with Crippen molar-refractivity contribution >= 4 is 17.0 Å². The van der Waals surface area contributed by atoms with Crippen LogP contribution < -0.4 is 11.5 Å². The number of aromatic nitrogens is 4. The number of fused-ring (bicyclic) bond motifs is 2. The molecule has 0 saturated carbocycles. The van der Waals surface area contributed by atoms with Gasteiger partial charge in [0, 0.05) is 23.6 Å². The summed E-state index contributed by atoms with van der Waals surface area (Å²) >= 11 is 0. The van der Waals surface area contributed by atoms with E-state index in [2.05, 4.69) is 27.8 Å². The average Bonchev–Trinajstić information content (AvgIpc) is 3.22. The Kier molecular flexibility index (Phi) is 3.48. The zero-order valence-electron chi connectivity index (χ0n) is 15.1. The largest absolute Gasteiger partial charge is 0.383 e. The highest BCUT2D eigenvalue weighted by molar-refractivity contribution is 5.83. The van der Waals surface area contributed by atoms with Crippen LogP contribution in [0.5, 0.6) is 0 Å². The Morgan fingerprint density at radius 3 is 2.85 bits per heavy atom. The van der Waals surface area contributed by atoms with Crippen LogP contribution in [0.15, 0.2) is 48.7 Å². The lowest BCUT2D eigenvalue weighted by molar-refractivity contribution is 0.713. The highest BCUT2D eigenvalue weighted by atomic mass is 15.1. The fourth-order valence-electron chi connectivity index (χ4n) is 3.86. The van der Waals surface area contributed by atoms with Crippen LogP contribution in [0.25, 0.3) is 28.2 Å². The average molecular weight is 356 g/mol. The van der Waals surface area contributed by atoms with Crippen LogP contribution >= 0.6 is 0 Å². The zero-order chi connectivity index (χ0) is 18.5. The van der Waals surface area contributed by atoms with Gasteiger partial charge in [0.2, 0.25) is 0 Å². The van der Waals surface area contributed by atoms with E-state index < -0.39 is 0 Å². The predicted molar refractivity (Wildman–Crippen MR) is 106 cm³/mol. The molecule has 0 saturated heterocycles. The molecule has 4 aromatic rings. The van der Waals surface area contributed by atoms with Gasteiger partial charge in [0.1, 0.15) is 11.3 Å². The van der Waals surface area contributed by atoms with Gasteiger partial charge in [-0.1, -0.05) is 6.07 Å². The molecule has 0 radical (unpaired) electrons. The fourth-order valence-corrected chi connectivity index (χ4v) is 3.86. The Labute approximate surface area is 156 Å². The molecule has 5 rings (SSSR count). The summed E-state index contributed by atoms with van der Waals surface area (Å²) in [6.45, 7) is 1.98. The second-order valence-corrected chi connectivity index (χ2v) is 7.03. The van der Waals surface area contributed by atoms with Crippen LogP contribution in [-0.2, 0) is 6.42 Å². The van der Waals surface area contributed by atoms with Gasteiger partial charge in [0.25, 0.3) is 0 Å². The van der Waals surface area contributed by atoms with E-state index in [1.165, 1.54) is 11.1 Å². The smallest absolute Gasteiger partial charge is 0.165 e. The van der Waals surface area contributed by atoms with Gasteiger partial charge in [0.15, 0.2) is 11.5 Å². The summed E-state index contributed by atoms with van der Waals surface area (Å²) in [4.78, 5) is 13.8. The molecule has 1 atom stereocenters. The van der Waals surface area contributed by atoms with Gasteiger partial charge in [-0.05, 0) is 67.3 Å². The highest BCUT2D eigenvalue weighted by Crippen LogP contribution is 2.34. The Bertz CT molecular complexity index is 1180. The molecule has 0 spiro atoms. The molecular formula is C21H20N6. The first-order chi connectivity index (χ1) is 13.1. The maximum Gasteiger partial charge on any atom is 0.165 e. The van der Waals surface area contributed by atoms with Crippen LogP contribution in [0.3, 0.4) is 0 Å². The third-order valence-electron chi connectivity index (χ3n) is 5.23. The van der Waals surface area contributed by atoms with E-state index in [0.717, 1.165) is 46.8 Å². The van der Waals surface area contributed by atoms with Crippen molar-refractivity contribution in [3.63, 3.8) is 0 Å². The summed E-state index contributed by atoms with van der Waals surface area (Å²) in [5.41, 5.74) is 19.3. The van der Waals surface area contributed by atoms with Crippen LogP contribution in [-0.4, -0.2) is 19.5 Å². The van der Waals surface area contributed by atoms with E-state index in [4.69, 9.17) is 21.4 Å². The van der Waals surface area contributed by atoms with Crippen molar-refractivity contribution in [3.8, 4) is 17.1 Å². The second kappa shape index (κ2) is 5.89. The topological polar surface area (TPSA) is 95.6 Å². The number of imidazole rings is 1. The molecule has 3 aromatic heterocycles. The van der Waals surface area contributed by atoms with Crippen molar-refractivity contribution in [1.82, 2.24) is 19.5 Å². The van der Waals surface area contributed by atoms with Crippen molar-refractivity contribution in [2.45, 2.75) is 25.8 Å². The Balaban J connectivity index is 1.81. The minimum atomic E-state index is 0.127. The number of rotatable bonds is 2. The molecular weight excluding hydrogens is 336 g/mol. The first-order valence-corrected chi connectivity index (χ1v) is 9.07. The van der Waals surface area contributed by atoms with Crippen molar-refractivity contribution in [2.24, 2.45) is 5.73 Å². The first-order valence-electron chi connectivity index (χ1n) is 9.07. The maximum absolute atomic E-state index is 6.21. The van der Waals surface area contributed by atoms with Crippen LogP contribution in [0.1, 0.15) is 29.3 Å². The van der Waals surface area contributed by atoms with Crippen LogP contribution in [0, 0.1) is 6.92 Å². The van der Waals surface area contributed by atoms with Crippen molar-refractivity contribution in [3.05, 3.63) is 65.5 Å². The van der Waals surface area contributed by atoms with E-state index in [-0.39, 0.29) is 6.04 Å². The summed E-state index contributed by atoms with van der Waals surface area (Å²) in [6, 6.07) is 14.3. The minimum Gasteiger partial charge on any atom is -0.383 e. The molecule has 1 aliphatic carbocycles. The minimum absolute atomic E-state index is 0.127. The lowest BCUT2D eigenvalue weighted by Gasteiger charge is -2.12. The van der Waals surface area contributed by atoms with E-state index >= 15 is 0 Å². The van der Waals surface area contributed by atoms with Gasteiger partial charge in [-0.3, -0.25) is 4.57 Å². The van der Waals surface area contributed by atoms with E-state index in [0.29, 0.717) is 5.82 Å². The monoisotopic (exact) mass is 356 g/mol. The molecule has 27 heavy (non-hydrogen) atoms. The second-order valence-electron chi connectivity index (χ2n) is 7.03. The van der Waals surface area contributed by atoms with E-state index in [9.17, 15) is 0 Å². The fraction of sp³-hybridized carbons (Fsp3) is 0.190. The molecule has 1 aliphatic rings. The summed E-state index contributed by atoms with van der Waals surface area (Å²) < 4.78 is 2.07. The summed E-state index contributed by atoms with van der Waals surface area (Å²) in [5.74, 6) is 1.20. The molecule has 0 amide bonds. The molecule has 0 bridgehead atoms. The zero-order valence-corrected chi connectivity index (χ0v) is 15.1. The highest BCUT2D eigenvalue weighted by Gasteiger charge is 2.22. The number of nitrogens with zero attached hydrogens (tertiary/aromatic N) is 4. The molecule has 6 nitrogen and oxygen atoms in total. The van der Waals surface area contributed by atoms with Crippen LogP contribution in [0.4, 0.5) is 5.82 Å². The van der Waals surface area contributed by atoms with Gasteiger partial charge in [-0.15, -0.1) is 0 Å². The number of nitrogen functional groups attached to an aromatic ring is 1. The normalized spacial score (nSPS) is 16.0. The number of hydrogen-bond acceptors (Lipinski definition) is 5. The molecule has 134 valence electrons. The standard InChI is InChI=1S/C21H20N6/c1-12-4-9-18-21(25-12)27(20(26-18)16-3-2-10-24-19(16)23)14-6-7-15-13(11-14)5-8-17(15)22/h2-4,6-7,9-11,17H,5,8,22H2,1H3,(H2,23,24). The van der Waals surface area contributed by atoms with Gasteiger partial charge >= 0.3 is 0 Å². The summed E-state index contributed by atoms with van der Waals surface area (Å²) in [6.07, 6.45) is 3.67.